The number of aliphatic carboxylic acids is 1. The maximum Gasteiger partial charge on any atom is 0.306 e. The first kappa shape index (κ1) is 25.9. The molecule has 11 nitrogen and oxygen atoms in total. The molecule has 3 aromatic rings. The summed E-state index contributed by atoms with van der Waals surface area (Å²) < 4.78 is 25.8. The number of aromatic amines is 1. The van der Waals surface area contributed by atoms with E-state index in [1.54, 1.807) is 22.6 Å². The smallest absolute Gasteiger partial charge is 0.306 e. The molecule has 0 saturated heterocycles. The average Bonchev–Trinajstić information content (AvgIpc) is 3.43. The largest absolute Gasteiger partial charge is 0.481 e. The van der Waals surface area contributed by atoms with Gasteiger partial charge in [0.2, 0.25) is 0 Å². The zero-order chi connectivity index (χ0) is 27.3. The standard InChI is InChI=1S/C27H32N6O5S/c28-14-17-3-1-2-4-21(17)33-22-11-12-29-26(34)24(22)25(31-33)30-19-7-10-23-18(13-19)15-32(39(23,37)38)20-8-5-16(6-9-20)27(35)36/h7,10-13,16-17,20-21,37-38H,1-6,8-9,15H2,(H,29,34)(H,30,31)(H,35,36). The third kappa shape index (κ3) is 4.49. The van der Waals surface area contributed by atoms with Gasteiger partial charge in [0, 0.05) is 24.5 Å². The lowest BCUT2D eigenvalue weighted by molar-refractivity contribution is -0.143. The molecular formula is C27H32N6O5S. The minimum Gasteiger partial charge on any atom is -0.481 e. The van der Waals surface area contributed by atoms with Gasteiger partial charge in [-0.15, -0.1) is 10.8 Å². The van der Waals surface area contributed by atoms with E-state index in [1.165, 1.54) is 0 Å². The molecule has 2 atom stereocenters. The number of nitrogens with one attached hydrogen (secondary N) is 2. The first-order chi connectivity index (χ1) is 18.8. The third-order valence-electron chi connectivity index (χ3n) is 8.56. The Bertz CT molecular complexity index is 1520. The molecule has 2 unspecified atom stereocenters. The van der Waals surface area contributed by atoms with Gasteiger partial charge in [-0.3, -0.25) is 23.4 Å². The van der Waals surface area contributed by atoms with Crippen molar-refractivity contribution >= 4 is 39.2 Å². The van der Waals surface area contributed by atoms with Gasteiger partial charge in [0.25, 0.3) is 5.56 Å². The summed E-state index contributed by atoms with van der Waals surface area (Å²) in [5.41, 5.74) is 1.83. The number of rotatable bonds is 5. The highest BCUT2D eigenvalue weighted by atomic mass is 32.3. The first-order valence-corrected chi connectivity index (χ1v) is 15.0. The Morgan fingerprint density at radius 1 is 1.13 bits per heavy atom. The molecular weight excluding hydrogens is 520 g/mol. The molecule has 0 spiro atoms. The van der Waals surface area contributed by atoms with Crippen LogP contribution in [-0.4, -0.2) is 45.3 Å². The number of aromatic nitrogens is 3. The van der Waals surface area contributed by atoms with Gasteiger partial charge in [-0.25, -0.2) is 0 Å². The van der Waals surface area contributed by atoms with Gasteiger partial charge >= 0.3 is 5.97 Å². The van der Waals surface area contributed by atoms with E-state index in [0.29, 0.717) is 59.5 Å². The first-order valence-electron chi connectivity index (χ1n) is 13.4. The predicted octanol–water partition coefficient (Wildman–Crippen LogP) is 5.21. The van der Waals surface area contributed by atoms with Crippen molar-refractivity contribution in [2.75, 3.05) is 5.32 Å². The van der Waals surface area contributed by atoms with Gasteiger partial charge in [-0.2, -0.15) is 14.7 Å². The number of nitrogens with zero attached hydrogens (tertiary/aromatic N) is 4. The molecule has 39 heavy (non-hydrogen) atoms. The molecule has 5 N–H and O–H groups in total. The number of hydrogen-bond donors (Lipinski definition) is 5. The number of fused-ring (bicyclic) bond motifs is 2. The molecule has 3 aliphatic rings. The summed E-state index contributed by atoms with van der Waals surface area (Å²) in [5.74, 6) is -0.946. The number of hydrogen-bond acceptors (Lipinski definition) is 8. The fourth-order valence-corrected chi connectivity index (χ4v) is 8.44. The number of nitriles is 1. The zero-order valence-corrected chi connectivity index (χ0v) is 22.2. The molecule has 0 amide bonds. The van der Waals surface area contributed by atoms with Crippen molar-refractivity contribution in [1.82, 2.24) is 19.1 Å². The lowest BCUT2D eigenvalue weighted by Gasteiger charge is -2.44. The quantitative estimate of drug-likeness (QED) is 0.285. The van der Waals surface area contributed by atoms with Gasteiger partial charge < -0.3 is 15.4 Å². The van der Waals surface area contributed by atoms with Gasteiger partial charge in [-0.05, 0) is 68.4 Å². The van der Waals surface area contributed by atoms with E-state index in [4.69, 9.17) is 5.10 Å². The summed E-state index contributed by atoms with van der Waals surface area (Å²) in [6.45, 7) is 0.345. The molecule has 1 aliphatic heterocycles. The summed E-state index contributed by atoms with van der Waals surface area (Å²) >= 11 is 0. The van der Waals surface area contributed by atoms with Crippen LogP contribution in [-0.2, 0) is 11.3 Å². The van der Waals surface area contributed by atoms with E-state index in [-0.39, 0.29) is 29.5 Å². The molecule has 1 aromatic carbocycles. The Kier molecular flexibility index (Phi) is 6.63. The van der Waals surface area contributed by atoms with Crippen LogP contribution in [0.3, 0.4) is 0 Å². The third-order valence-corrected chi connectivity index (χ3v) is 10.6. The Morgan fingerprint density at radius 2 is 1.90 bits per heavy atom. The Labute approximate surface area is 226 Å². The molecule has 2 aromatic heterocycles. The van der Waals surface area contributed by atoms with E-state index in [0.717, 1.165) is 31.2 Å². The van der Waals surface area contributed by atoms with Crippen LogP contribution in [0.2, 0.25) is 0 Å². The number of carbonyl (C=O) groups is 1. The second-order valence-corrected chi connectivity index (χ2v) is 12.8. The lowest BCUT2D eigenvalue weighted by Crippen LogP contribution is -2.37. The highest BCUT2D eigenvalue weighted by molar-refractivity contribution is 8.22. The van der Waals surface area contributed by atoms with Crippen molar-refractivity contribution in [1.29, 1.82) is 5.26 Å². The fraction of sp³-hybridized carbons (Fsp3) is 0.481. The van der Waals surface area contributed by atoms with Crippen LogP contribution in [0.1, 0.15) is 63.0 Å². The minimum absolute atomic E-state index is 0.101. The molecule has 6 rings (SSSR count). The normalized spacial score (nSPS) is 27.5. The average molecular weight is 553 g/mol. The number of benzene rings is 1. The molecule has 3 heterocycles. The number of H-pyrrole nitrogens is 1. The van der Waals surface area contributed by atoms with Crippen molar-refractivity contribution in [3.05, 3.63) is 46.4 Å². The molecule has 2 aliphatic carbocycles. The Hall–Kier alpha value is -3.37. The molecule has 0 radical (unpaired) electrons. The molecule has 12 heteroatoms. The summed E-state index contributed by atoms with van der Waals surface area (Å²) in [6.07, 6.45) is 7.47. The van der Waals surface area contributed by atoms with Crippen LogP contribution in [0.15, 0.2) is 40.2 Å². The fourth-order valence-electron chi connectivity index (χ4n) is 6.51. The van der Waals surface area contributed by atoms with Crippen molar-refractivity contribution in [3.8, 4) is 6.07 Å². The van der Waals surface area contributed by atoms with Crippen molar-refractivity contribution in [2.45, 2.75) is 74.9 Å². The maximum atomic E-state index is 12.9. The Balaban J connectivity index is 1.29. The second-order valence-electron chi connectivity index (χ2n) is 10.8. The van der Waals surface area contributed by atoms with Crippen molar-refractivity contribution in [3.63, 3.8) is 0 Å². The van der Waals surface area contributed by atoms with Crippen LogP contribution < -0.4 is 10.9 Å². The number of pyridine rings is 1. The van der Waals surface area contributed by atoms with Crippen LogP contribution in [0.4, 0.5) is 11.5 Å². The molecule has 206 valence electrons. The van der Waals surface area contributed by atoms with Crippen LogP contribution in [0.5, 0.6) is 0 Å². The van der Waals surface area contributed by atoms with Gasteiger partial charge in [-0.1, -0.05) is 12.8 Å². The Morgan fingerprint density at radius 3 is 2.64 bits per heavy atom. The summed E-state index contributed by atoms with van der Waals surface area (Å²) in [7, 11) is -3.18. The van der Waals surface area contributed by atoms with E-state index in [1.807, 2.05) is 16.8 Å². The lowest BCUT2D eigenvalue weighted by atomic mass is 9.85. The van der Waals surface area contributed by atoms with Crippen LogP contribution in [0, 0.1) is 23.2 Å². The number of carboxylic acid groups (broad SMARTS) is 1. The summed E-state index contributed by atoms with van der Waals surface area (Å²) in [6, 6.07) is 9.32. The zero-order valence-electron chi connectivity index (χ0n) is 21.4. The van der Waals surface area contributed by atoms with Gasteiger partial charge in [0.15, 0.2) is 5.82 Å². The van der Waals surface area contributed by atoms with Crippen LogP contribution >= 0.6 is 10.8 Å². The van der Waals surface area contributed by atoms with Crippen molar-refractivity contribution in [2.24, 2.45) is 11.8 Å². The number of carboxylic acids is 1. The molecule has 0 bridgehead atoms. The number of anilines is 2. The highest BCUT2D eigenvalue weighted by Crippen LogP contribution is 2.61. The summed E-state index contributed by atoms with van der Waals surface area (Å²) in [5, 5.41) is 27.5. The maximum absolute atomic E-state index is 12.9. The highest BCUT2D eigenvalue weighted by Gasteiger charge is 2.41. The SMILES string of the molecule is N#CC1CCCCC1n1nc(Nc2ccc3c(c2)CN(C2CCC(C(=O)O)CC2)S3(O)O)c2c(=O)[nH]ccc21. The monoisotopic (exact) mass is 552 g/mol. The van der Waals surface area contributed by atoms with E-state index >= 15 is 0 Å². The summed E-state index contributed by atoms with van der Waals surface area (Å²) in [4.78, 5) is 27.4. The van der Waals surface area contributed by atoms with Gasteiger partial charge in [0.05, 0.1) is 34.4 Å². The van der Waals surface area contributed by atoms with E-state index in [2.05, 4.69) is 16.4 Å². The minimum atomic E-state index is -3.18. The van der Waals surface area contributed by atoms with Crippen LogP contribution in [0.25, 0.3) is 10.9 Å². The molecule has 2 saturated carbocycles. The topological polar surface area (TPSA) is 168 Å². The predicted molar refractivity (Wildman–Crippen MR) is 147 cm³/mol. The second kappa shape index (κ2) is 9.98. The molecule has 2 fully saturated rings. The van der Waals surface area contributed by atoms with Crippen molar-refractivity contribution < 1.29 is 19.0 Å². The van der Waals surface area contributed by atoms with E-state index in [9.17, 15) is 29.1 Å². The van der Waals surface area contributed by atoms with Gasteiger partial charge in [0.1, 0.15) is 5.39 Å². The van der Waals surface area contributed by atoms with E-state index < -0.39 is 16.7 Å².